The van der Waals surface area contributed by atoms with Gasteiger partial charge in [0.25, 0.3) is 0 Å². The predicted molar refractivity (Wildman–Crippen MR) is 72.1 cm³/mol. The van der Waals surface area contributed by atoms with Gasteiger partial charge in [-0.05, 0) is 31.3 Å². The normalized spacial score (nSPS) is 13.3. The second-order valence-corrected chi connectivity index (χ2v) is 4.09. The Morgan fingerprint density at radius 1 is 1.25 bits per heavy atom. The van der Waals surface area contributed by atoms with Gasteiger partial charge < -0.3 is 4.79 Å². The standard InChI is InChI=1S/C13H22O.C2H2/c1-5-13(12(4)10-14)9-7-6-8-11(2)3;1-2/h5,7,9-12H,6,8H2,1-4H3;1-2H/b9-7-,13-5+;. The van der Waals surface area contributed by atoms with Gasteiger partial charge in [-0.15, -0.1) is 12.8 Å². The highest BCUT2D eigenvalue weighted by atomic mass is 16.1. The minimum absolute atomic E-state index is 0.0234. The van der Waals surface area contributed by atoms with Crippen LogP contribution in [0.25, 0.3) is 0 Å². The minimum Gasteiger partial charge on any atom is -0.303 e. The number of aldehydes is 1. The lowest BCUT2D eigenvalue weighted by molar-refractivity contribution is -0.109. The maximum absolute atomic E-state index is 10.6. The summed E-state index contributed by atoms with van der Waals surface area (Å²) in [6, 6.07) is 0. The molecule has 0 aliphatic rings. The van der Waals surface area contributed by atoms with Crippen LogP contribution in [-0.2, 0) is 4.79 Å². The van der Waals surface area contributed by atoms with Gasteiger partial charge in [-0.2, -0.15) is 0 Å². The van der Waals surface area contributed by atoms with Crippen molar-refractivity contribution in [2.45, 2.75) is 40.5 Å². The number of carbonyl (C=O) groups is 1. The largest absolute Gasteiger partial charge is 0.303 e. The fourth-order valence-electron chi connectivity index (χ4n) is 1.24. The number of rotatable bonds is 6. The molecule has 0 saturated heterocycles. The average Bonchev–Trinajstić information content (AvgIpc) is 2.30. The lowest BCUT2D eigenvalue weighted by atomic mass is 10.0. The fraction of sp³-hybridized carbons (Fsp3) is 0.533. The Morgan fingerprint density at radius 2 is 1.81 bits per heavy atom. The molecule has 1 heteroatoms. The van der Waals surface area contributed by atoms with Gasteiger partial charge in [0.15, 0.2) is 0 Å². The van der Waals surface area contributed by atoms with Crippen molar-refractivity contribution in [1.29, 1.82) is 0 Å². The van der Waals surface area contributed by atoms with Gasteiger partial charge in [0.1, 0.15) is 6.29 Å². The third kappa shape index (κ3) is 9.27. The Hall–Kier alpha value is -1.29. The quantitative estimate of drug-likeness (QED) is 0.375. The van der Waals surface area contributed by atoms with E-state index in [1.807, 2.05) is 19.9 Å². The zero-order chi connectivity index (χ0) is 13.0. The van der Waals surface area contributed by atoms with Gasteiger partial charge in [0.05, 0.1) is 0 Å². The lowest BCUT2D eigenvalue weighted by Gasteiger charge is -2.04. The summed E-state index contributed by atoms with van der Waals surface area (Å²) in [5.74, 6) is 0.771. The molecule has 0 bridgehead atoms. The van der Waals surface area contributed by atoms with E-state index in [9.17, 15) is 4.79 Å². The molecule has 90 valence electrons. The van der Waals surface area contributed by atoms with Crippen molar-refractivity contribution < 1.29 is 4.79 Å². The van der Waals surface area contributed by atoms with E-state index in [0.717, 1.165) is 24.2 Å². The Kier molecular flexibility index (Phi) is 12.6. The highest BCUT2D eigenvalue weighted by Crippen LogP contribution is 2.11. The Labute approximate surface area is 101 Å². The molecule has 16 heavy (non-hydrogen) atoms. The summed E-state index contributed by atoms with van der Waals surface area (Å²) in [6.45, 7) is 8.34. The van der Waals surface area contributed by atoms with Gasteiger partial charge in [0, 0.05) is 5.92 Å². The molecule has 0 spiro atoms. The molecular formula is C15H24O. The van der Waals surface area contributed by atoms with Crippen LogP contribution in [0, 0.1) is 24.7 Å². The van der Waals surface area contributed by atoms with Crippen LogP contribution in [0.3, 0.4) is 0 Å². The SMILES string of the molecule is C#C.C/C=C(\C=C/CCC(C)C)C(C)C=O. The van der Waals surface area contributed by atoms with Gasteiger partial charge in [0.2, 0.25) is 0 Å². The van der Waals surface area contributed by atoms with E-state index in [4.69, 9.17) is 0 Å². The molecule has 0 saturated carbocycles. The molecule has 0 radical (unpaired) electrons. The molecule has 0 rings (SSSR count). The van der Waals surface area contributed by atoms with Gasteiger partial charge in [-0.1, -0.05) is 39.0 Å². The van der Waals surface area contributed by atoms with E-state index in [0.29, 0.717) is 0 Å². The summed E-state index contributed by atoms with van der Waals surface area (Å²) in [4.78, 5) is 10.6. The number of carbonyl (C=O) groups excluding carboxylic acids is 1. The molecule has 0 fully saturated rings. The zero-order valence-electron chi connectivity index (χ0n) is 10.9. The molecule has 0 aliphatic carbocycles. The van der Waals surface area contributed by atoms with Gasteiger partial charge in [-0.25, -0.2) is 0 Å². The molecule has 0 amide bonds. The average molecular weight is 220 g/mol. The smallest absolute Gasteiger partial charge is 0.127 e. The highest BCUT2D eigenvalue weighted by Gasteiger charge is 2.01. The van der Waals surface area contributed by atoms with Crippen LogP contribution in [0.15, 0.2) is 23.8 Å². The summed E-state index contributed by atoms with van der Waals surface area (Å²) < 4.78 is 0. The molecule has 0 aromatic heterocycles. The van der Waals surface area contributed by atoms with Crippen LogP contribution in [0.2, 0.25) is 0 Å². The molecular weight excluding hydrogens is 196 g/mol. The fourth-order valence-corrected chi connectivity index (χ4v) is 1.24. The summed E-state index contributed by atoms with van der Waals surface area (Å²) in [5, 5.41) is 0. The van der Waals surface area contributed by atoms with Crippen molar-refractivity contribution in [3.63, 3.8) is 0 Å². The number of allylic oxidation sites excluding steroid dienone is 4. The monoisotopic (exact) mass is 220 g/mol. The number of hydrogen-bond acceptors (Lipinski definition) is 1. The molecule has 1 unspecified atom stereocenters. The molecule has 1 nitrogen and oxygen atoms in total. The van der Waals surface area contributed by atoms with E-state index in [1.54, 1.807) is 0 Å². The van der Waals surface area contributed by atoms with Crippen LogP contribution < -0.4 is 0 Å². The first-order chi connectivity index (χ1) is 7.61. The first kappa shape index (κ1) is 17.1. The maximum atomic E-state index is 10.6. The predicted octanol–water partition coefficient (Wildman–Crippen LogP) is 4.01. The van der Waals surface area contributed by atoms with Crippen LogP contribution in [0.5, 0.6) is 0 Å². The third-order valence-electron chi connectivity index (χ3n) is 2.28. The molecule has 0 N–H and O–H groups in total. The summed E-state index contributed by atoms with van der Waals surface area (Å²) in [7, 11) is 0. The minimum atomic E-state index is 0.0234. The first-order valence-electron chi connectivity index (χ1n) is 5.73. The molecule has 0 aromatic rings. The van der Waals surface area contributed by atoms with Crippen molar-refractivity contribution in [3.8, 4) is 12.8 Å². The van der Waals surface area contributed by atoms with Crippen molar-refractivity contribution in [3.05, 3.63) is 23.8 Å². The number of terminal acetylenes is 1. The van der Waals surface area contributed by atoms with Crippen LogP contribution >= 0.6 is 0 Å². The molecule has 0 aromatic carbocycles. The maximum Gasteiger partial charge on any atom is 0.127 e. The highest BCUT2D eigenvalue weighted by molar-refractivity contribution is 5.59. The molecule has 0 aliphatic heterocycles. The summed E-state index contributed by atoms with van der Waals surface area (Å²) in [5.41, 5.74) is 1.11. The van der Waals surface area contributed by atoms with E-state index < -0.39 is 0 Å². The van der Waals surface area contributed by atoms with Crippen molar-refractivity contribution >= 4 is 6.29 Å². The van der Waals surface area contributed by atoms with E-state index >= 15 is 0 Å². The third-order valence-corrected chi connectivity index (χ3v) is 2.28. The topological polar surface area (TPSA) is 17.1 Å². The Bertz CT molecular complexity index is 243. The number of hydrogen-bond donors (Lipinski definition) is 0. The zero-order valence-corrected chi connectivity index (χ0v) is 10.9. The summed E-state index contributed by atoms with van der Waals surface area (Å²) in [6.07, 6.45) is 17.5. The molecule has 1 atom stereocenters. The lowest BCUT2D eigenvalue weighted by Crippen LogP contribution is -1.97. The second kappa shape index (κ2) is 11.8. The van der Waals surface area contributed by atoms with Gasteiger partial charge >= 0.3 is 0 Å². The van der Waals surface area contributed by atoms with E-state index in [2.05, 4.69) is 38.8 Å². The van der Waals surface area contributed by atoms with E-state index in [1.165, 1.54) is 6.42 Å². The first-order valence-corrected chi connectivity index (χ1v) is 5.73. The van der Waals surface area contributed by atoms with Crippen molar-refractivity contribution in [1.82, 2.24) is 0 Å². The Balaban J connectivity index is 0. The van der Waals surface area contributed by atoms with Crippen LogP contribution in [0.4, 0.5) is 0 Å². The van der Waals surface area contributed by atoms with Crippen molar-refractivity contribution in [2.24, 2.45) is 11.8 Å². The van der Waals surface area contributed by atoms with Gasteiger partial charge in [-0.3, -0.25) is 0 Å². The van der Waals surface area contributed by atoms with E-state index in [-0.39, 0.29) is 5.92 Å². The second-order valence-electron chi connectivity index (χ2n) is 4.09. The van der Waals surface area contributed by atoms with Crippen molar-refractivity contribution in [2.75, 3.05) is 0 Å². The summed E-state index contributed by atoms with van der Waals surface area (Å²) >= 11 is 0. The van der Waals surface area contributed by atoms with Crippen LogP contribution in [-0.4, -0.2) is 6.29 Å². The molecule has 0 heterocycles. The Morgan fingerprint density at radius 3 is 2.19 bits per heavy atom. The van der Waals surface area contributed by atoms with Crippen LogP contribution in [0.1, 0.15) is 40.5 Å².